The molecular formula is C49H73N3O13. The molecule has 3 aliphatic heterocycles. The molecule has 362 valence electrons. The number of carbonyl (C=O) groups excluding carboxylic acids is 4. The maximum absolute atomic E-state index is 14.8. The van der Waals surface area contributed by atoms with E-state index in [0.717, 1.165) is 6.42 Å². The number of aromatic nitrogens is 2. The van der Waals surface area contributed by atoms with E-state index in [2.05, 4.69) is 9.88 Å². The maximum atomic E-state index is 14.8. The minimum atomic E-state index is -1.60. The van der Waals surface area contributed by atoms with Gasteiger partial charge in [0, 0.05) is 57.3 Å². The average molecular weight is 912 g/mol. The van der Waals surface area contributed by atoms with Crippen LogP contribution < -0.4 is 0 Å². The van der Waals surface area contributed by atoms with E-state index in [1.165, 1.54) is 23.3 Å². The molecular weight excluding hydrogens is 839 g/mol. The smallest absolute Gasteiger partial charge is 0.420 e. The third kappa shape index (κ3) is 12.1. The first-order valence-corrected chi connectivity index (χ1v) is 22.9. The Morgan fingerprint density at radius 2 is 1.55 bits per heavy atom. The third-order valence-electron chi connectivity index (χ3n) is 13.7. The lowest BCUT2D eigenvalue weighted by molar-refractivity contribution is -0.308. The number of esters is 2. The Labute approximate surface area is 384 Å². The Hall–Kier alpha value is -4.03. The summed E-state index contributed by atoms with van der Waals surface area (Å²) in [6, 6.07) is 8.86. The number of allylic oxidation sites excluding steroid dienone is 1. The van der Waals surface area contributed by atoms with Gasteiger partial charge in [0.2, 0.25) is 0 Å². The predicted octanol–water partition coefficient (Wildman–Crippen LogP) is 7.17. The number of Topliss-reactive ketones (excluding diaryl/α,β-unsaturated/α-hetero) is 1. The summed E-state index contributed by atoms with van der Waals surface area (Å²) in [4.78, 5) is 62.3. The molecule has 2 aromatic rings. The van der Waals surface area contributed by atoms with Crippen molar-refractivity contribution in [1.82, 2.24) is 14.5 Å². The van der Waals surface area contributed by atoms with Crippen molar-refractivity contribution in [3.8, 4) is 0 Å². The molecule has 4 heterocycles. The Morgan fingerprint density at radius 1 is 0.892 bits per heavy atom. The van der Waals surface area contributed by atoms with Gasteiger partial charge in [-0.3, -0.25) is 9.59 Å². The second-order valence-electron chi connectivity index (χ2n) is 19.1. The van der Waals surface area contributed by atoms with E-state index in [0.29, 0.717) is 17.6 Å². The van der Waals surface area contributed by atoms with Crippen molar-refractivity contribution in [3.05, 3.63) is 66.3 Å². The quantitative estimate of drug-likeness (QED) is 0.164. The molecule has 0 unspecified atom stereocenters. The SMILES string of the molecule is CC[C@H]1OC(=O)[C@H](C)[C@@H](O[C@H]2C[C@@](C)(OC)[C@@H](OC(=O)c3ccccc3)[C@H](C)O2)[C@H](C)[C@@H](O[C@H]2C[C@@H](N(C)C)C[C@@H](C)O2)[C@@](C)(OC)C[C@@H](C)C(=O)/C(C)=C/[C@]1(C)OC(=O)n1ccnc1. The largest absolute Gasteiger partial charge is 0.457 e. The van der Waals surface area contributed by atoms with Crippen LogP contribution in [0.25, 0.3) is 0 Å². The van der Waals surface area contributed by atoms with Crippen LogP contribution in [-0.2, 0) is 52.2 Å². The number of methoxy groups -OCH3 is 2. The molecule has 15 atom stereocenters. The van der Waals surface area contributed by atoms with Gasteiger partial charge >= 0.3 is 18.0 Å². The number of ether oxygens (including phenoxy) is 9. The lowest BCUT2D eigenvalue weighted by Crippen LogP contribution is -2.60. The fraction of sp³-hybridized carbons (Fsp3) is 0.694. The number of nitrogens with zero attached hydrogens (tertiary/aromatic N) is 3. The summed E-state index contributed by atoms with van der Waals surface area (Å²) in [6.45, 7) is 18.1. The highest BCUT2D eigenvalue weighted by molar-refractivity contribution is 5.96. The van der Waals surface area contributed by atoms with Crippen molar-refractivity contribution in [2.45, 2.75) is 173 Å². The maximum Gasteiger partial charge on any atom is 0.420 e. The van der Waals surface area contributed by atoms with Crippen LogP contribution >= 0.6 is 0 Å². The molecule has 3 aliphatic rings. The highest BCUT2D eigenvalue weighted by atomic mass is 16.7. The lowest BCUT2D eigenvalue weighted by atomic mass is 9.76. The van der Waals surface area contributed by atoms with E-state index in [9.17, 15) is 19.2 Å². The van der Waals surface area contributed by atoms with E-state index in [1.807, 2.05) is 61.7 Å². The van der Waals surface area contributed by atoms with Gasteiger partial charge in [-0.15, -0.1) is 0 Å². The van der Waals surface area contributed by atoms with Crippen molar-refractivity contribution in [2.75, 3.05) is 28.3 Å². The number of cyclic esters (lactones) is 1. The highest BCUT2D eigenvalue weighted by Crippen LogP contribution is 2.42. The van der Waals surface area contributed by atoms with Gasteiger partial charge in [-0.25, -0.2) is 19.1 Å². The second-order valence-corrected chi connectivity index (χ2v) is 19.1. The summed E-state index contributed by atoms with van der Waals surface area (Å²) in [6.07, 6.45) is 0.740. The molecule has 16 nitrogen and oxygen atoms in total. The first kappa shape index (κ1) is 51.9. The summed E-state index contributed by atoms with van der Waals surface area (Å²) in [5.74, 6) is -3.66. The standard InChI is InChI=1S/C49H73N3O13/c1-15-37-47(8,65-46(56)52-22-21-50-28-52)25-29(2)40(53)30(3)26-48(9,57-13)42(63-38-24-36(51(11)12)23-31(4)59-38)32(5)41(33(6)44(54)61-37)62-39-27-49(10,58-14)43(34(7)60-39)64-45(55)35-19-17-16-18-20-35/h16-22,25,28,30-34,36-39,41-43H,15,23-24,26-27H2,1-14H3/b29-25+/t30-,31-,32+,33-,34+,36+,37-,38+,39+,41+,42-,43+,47+,48+,49-/m1/s1. The average Bonchev–Trinajstić information content (AvgIpc) is 3.82. The zero-order valence-corrected chi connectivity index (χ0v) is 40.8. The van der Waals surface area contributed by atoms with Crippen LogP contribution in [0.3, 0.4) is 0 Å². The minimum absolute atomic E-state index is 0.113. The van der Waals surface area contributed by atoms with Crippen molar-refractivity contribution >= 4 is 23.8 Å². The van der Waals surface area contributed by atoms with Crippen molar-refractivity contribution in [1.29, 1.82) is 0 Å². The number of ketones is 1. The molecule has 2 saturated heterocycles. The van der Waals surface area contributed by atoms with Crippen LogP contribution in [0, 0.1) is 17.8 Å². The monoisotopic (exact) mass is 912 g/mol. The Balaban J connectivity index is 1.59. The Kier molecular flexibility index (Phi) is 17.4. The van der Waals surface area contributed by atoms with E-state index in [4.69, 9.17) is 42.6 Å². The van der Waals surface area contributed by atoms with Crippen molar-refractivity contribution in [3.63, 3.8) is 0 Å². The van der Waals surface area contributed by atoms with Gasteiger partial charge in [-0.05, 0) is 106 Å². The van der Waals surface area contributed by atoms with Crippen LogP contribution in [0.1, 0.15) is 112 Å². The number of hydrogen-bond donors (Lipinski definition) is 0. The minimum Gasteiger partial charge on any atom is -0.457 e. The zero-order chi connectivity index (χ0) is 48.0. The predicted molar refractivity (Wildman–Crippen MR) is 240 cm³/mol. The van der Waals surface area contributed by atoms with E-state index >= 15 is 0 Å². The number of benzene rings is 1. The molecule has 1 aromatic carbocycles. The Morgan fingerprint density at radius 3 is 2.15 bits per heavy atom. The molecule has 5 rings (SSSR count). The van der Waals surface area contributed by atoms with Gasteiger partial charge in [0.15, 0.2) is 30.1 Å². The molecule has 0 amide bonds. The fourth-order valence-electron chi connectivity index (χ4n) is 9.86. The van der Waals surface area contributed by atoms with Crippen LogP contribution in [-0.4, -0.2) is 139 Å². The molecule has 0 aliphatic carbocycles. The van der Waals surface area contributed by atoms with Crippen LogP contribution in [0.5, 0.6) is 0 Å². The number of rotatable bonds is 11. The molecule has 16 heteroatoms. The summed E-state index contributed by atoms with van der Waals surface area (Å²) in [7, 11) is 7.19. The number of hydrogen-bond acceptors (Lipinski definition) is 15. The Bertz CT molecular complexity index is 1940. The lowest BCUT2D eigenvalue weighted by Gasteiger charge is -2.49. The van der Waals surface area contributed by atoms with Gasteiger partial charge < -0.3 is 47.5 Å². The van der Waals surface area contributed by atoms with Gasteiger partial charge in [-0.2, -0.15) is 0 Å². The zero-order valence-electron chi connectivity index (χ0n) is 40.8. The van der Waals surface area contributed by atoms with E-state index < -0.39 is 95.7 Å². The first-order chi connectivity index (χ1) is 30.6. The van der Waals surface area contributed by atoms with Gasteiger partial charge in [-0.1, -0.05) is 39.0 Å². The molecule has 0 bridgehead atoms. The van der Waals surface area contributed by atoms with Crippen molar-refractivity contribution in [2.24, 2.45) is 17.8 Å². The first-order valence-electron chi connectivity index (χ1n) is 22.9. The third-order valence-corrected chi connectivity index (χ3v) is 13.7. The molecule has 0 N–H and O–H groups in total. The topological polar surface area (TPSA) is 172 Å². The van der Waals surface area contributed by atoms with Gasteiger partial charge in [0.05, 0.1) is 41.5 Å². The number of carbonyl (C=O) groups is 4. The molecule has 0 saturated carbocycles. The van der Waals surface area contributed by atoms with Crippen LogP contribution in [0.2, 0.25) is 0 Å². The molecule has 0 radical (unpaired) electrons. The molecule has 65 heavy (non-hydrogen) atoms. The fourth-order valence-corrected chi connectivity index (χ4v) is 9.86. The normalized spacial score (nSPS) is 38.5. The van der Waals surface area contributed by atoms with E-state index in [1.54, 1.807) is 72.3 Å². The van der Waals surface area contributed by atoms with Gasteiger partial charge in [0.1, 0.15) is 18.0 Å². The summed E-state index contributed by atoms with van der Waals surface area (Å²) < 4.78 is 59.4. The molecule has 2 fully saturated rings. The van der Waals surface area contributed by atoms with Crippen molar-refractivity contribution < 1.29 is 61.8 Å². The molecule has 0 spiro atoms. The van der Waals surface area contributed by atoms with Crippen LogP contribution in [0.15, 0.2) is 60.7 Å². The second kappa shape index (κ2) is 21.7. The summed E-state index contributed by atoms with van der Waals surface area (Å²) in [5, 5.41) is 0. The summed E-state index contributed by atoms with van der Waals surface area (Å²) in [5.41, 5.74) is -3.14. The number of imidazole rings is 1. The summed E-state index contributed by atoms with van der Waals surface area (Å²) >= 11 is 0. The van der Waals surface area contributed by atoms with Gasteiger partial charge in [0.25, 0.3) is 0 Å². The van der Waals surface area contributed by atoms with E-state index in [-0.39, 0.29) is 37.2 Å². The highest BCUT2D eigenvalue weighted by Gasteiger charge is 2.53. The molecule has 1 aromatic heterocycles. The van der Waals surface area contributed by atoms with Crippen LogP contribution in [0.4, 0.5) is 4.79 Å².